The summed E-state index contributed by atoms with van der Waals surface area (Å²) < 4.78 is 30.7. The molecule has 0 saturated heterocycles. The van der Waals surface area contributed by atoms with Gasteiger partial charge in [0.15, 0.2) is 0 Å². The number of fused-ring (bicyclic) bond motifs is 1. The first-order valence-electron chi connectivity index (χ1n) is 4.24. The summed E-state index contributed by atoms with van der Waals surface area (Å²) in [6.45, 7) is 1.50. The maximum Gasteiger partial charge on any atom is 0.400 e. The molecule has 0 fully saturated rings. The maximum atomic E-state index is 13.1. The summed E-state index contributed by atoms with van der Waals surface area (Å²) in [5, 5.41) is 0. The Morgan fingerprint density at radius 2 is 2.08 bits per heavy atom. The van der Waals surface area contributed by atoms with Gasteiger partial charge >= 0.3 is 6.11 Å². The summed E-state index contributed by atoms with van der Waals surface area (Å²) in [7, 11) is 0. The molecular weight excluding hydrogens is 174 g/mol. The second-order valence-electron chi connectivity index (χ2n) is 3.38. The number of hydrogen-bond acceptors (Lipinski definition) is 1. The molecule has 0 saturated carbocycles. The molecule has 1 nitrogen and oxygen atoms in total. The Labute approximate surface area is 75.3 Å². The van der Waals surface area contributed by atoms with E-state index in [4.69, 9.17) is 0 Å². The number of para-hydroxylation sites is 1. The topological polar surface area (TPSA) is 9.23 Å². The lowest BCUT2D eigenvalue weighted by atomic mass is 9.97. The van der Waals surface area contributed by atoms with Gasteiger partial charge in [0.2, 0.25) is 0 Å². The molecular formula is C10H10F2O. The van der Waals surface area contributed by atoms with Gasteiger partial charge in [-0.1, -0.05) is 25.1 Å². The zero-order chi connectivity index (χ0) is 9.47. The number of ether oxygens (including phenoxy) is 1. The van der Waals surface area contributed by atoms with Crippen LogP contribution in [0.3, 0.4) is 0 Å². The van der Waals surface area contributed by atoms with Gasteiger partial charge in [-0.05, 0) is 18.1 Å². The van der Waals surface area contributed by atoms with Crippen LogP contribution in [-0.4, -0.2) is 6.11 Å². The molecule has 0 aliphatic carbocycles. The predicted octanol–water partition coefficient (Wildman–Crippen LogP) is 2.85. The minimum absolute atomic E-state index is 0.311. The molecule has 0 spiro atoms. The van der Waals surface area contributed by atoms with Gasteiger partial charge in [-0.15, -0.1) is 0 Å². The van der Waals surface area contributed by atoms with Crippen LogP contribution in [-0.2, 0) is 6.42 Å². The molecule has 0 amide bonds. The van der Waals surface area contributed by atoms with Crippen LogP contribution in [0.15, 0.2) is 24.3 Å². The smallest absolute Gasteiger partial charge is 0.400 e. The van der Waals surface area contributed by atoms with E-state index in [1.807, 2.05) is 12.1 Å². The molecule has 1 unspecified atom stereocenters. The maximum absolute atomic E-state index is 13.1. The summed E-state index contributed by atoms with van der Waals surface area (Å²) in [4.78, 5) is 0. The zero-order valence-electron chi connectivity index (χ0n) is 7.26. The summed E-state index contributed by atoms with van der Waals surface area (Å²) >= 11 is 0. The first-order valence-corrected chi connectivity index (χ1v) is 4.24. The van der Waals surface area contributed by atoms with Gasteiger partial charge in [0.25, 0.3) is 0 Å². The predicted molar refractivity (Wildman–Crippen MR) is 44.9 cm³/mol. The summed E-state index contributed by atoms with van der Waals surface area (Å²) in [6.07, 6.45) is -2.64. The fourth-order valence-electron chi connectivity index (χ4n) is 1.47. The molecule has 2 rings (SSSR count). The second-order valence-corrected chi connectivity index (χ2v) is 3.38. The molecule has 3 heteroatoms. The highest BCUT2D eigenvalue weighted by Crippen LogP contribution is 2.38. The Kier molecular flexibility index (Phi) is 1.75. The lowest BCUT2D eigenvalue weighted by Crippen LogP contribution is -2.37. The van der Waals surface area contributed by atoms with Crippen molar-refractivity contribution in [3.8, 4) is 5.75 Å². The number of halogens is 2. The summed E-state index contributed by atoms with van der Waals surface area (Å²) in [5.41, 5.74) is 0.862. The highest BCUT2D eigenvalue weighted by Gasteiger charge is 2.43. The van der Waals surface area contributed by atoms with Crippen LogP contribution >= 0.6 is 0 Å². The molecule has 1 aromatic rings. The van der Waals surface area contributed by atoms with Crippen molar-refractivity contribution in [3.63, 3.8) is 0 Å². The number of benzene rings is 1. The van der Waals surface area contributed by atoms with E-state index in [2.05, 4.69) is 4.74 Å². The molecule has 1 heterocycles. The minimum atomic E-state index is -3.02. The van der Waals surface area contributed by atoms with E-state index >= 15 is 0 Å². The SMILES string of the molecule is CC1Cc2ccccc2OC1(F)F. The lowest BCUT2D eigenvalue weighted by Gasteiger charge is -2.30. The Morgan fingerprint density at radius 3 is 2.85 bits per heavy atom. The third-order valence-corrected chi connectivity index (χ3v) is 2.32. The molecule has 1 aliphatic rings. The van der Waals surface area contributed by atoms with Crippen molar-refractivity contribution in [3.05, 3.63) is 29.8 Å². The molecule has 0 N–H and O–H groups in total. The van der Waals surface area contributed by atoms with Crippen molar-refractivity contribution < 1.29 is 13.5 Å². The lowest BCUT2D eigenvalue weighted by molar-refractivity contribution is -0.219. The zero-order valence-corrected chi connectivity index (χ0v) is 7.26. The summed E-state index contributed by atoms with van der Waals surface area (Å²) in [5.74, 6) is -0.437. The third-order valence-electron chi connectivity index (χ3n) is 2.32. The fourth-order valence-corrected chi connectivity index (χ4v) is 1.47. The van der Waals surface area contributed by atoms with Crippen LogP contribution in [0.1, 0.15) is 12.5 Å². The van der Waals surface area contributed by atoms with Gasteiger partial charge in [0, 0.05) is 0 Å². The molecule has 1 atom stereocenters. The normalized spacial score (nSPS) is 24.7. The van der Waals surface area contributed by atoms with E-state index in [-0.39, 0.29) is 0 Å². The molecule has 70 valence electrons. The van der Waals surface area contributed by atoms with Crippen molar-refractivity contribution in [1.29, 1.82) is 0 Å². The van der Waals surface area contributed by atoms with Crippen LogP contribution < -0.4 is 4.74 Å². The van der Waals surface area contributed by atoms with Crippen LogP contribution in [0.25, 0.3) is 0 Å². The van der Waals surface area contributed by atoms with Crippen LogP contribution in [0.4, 0.5) is 8.78 Å². The second kappa shape index (κ2) is 2.69. The molecule has 0 aromatic heterocycles. The molecule has 1 aliphatic heterocycles. The number of alkyl halides is 2. The van der Waals surface area contributed by atoms with E-state index in [1.165, 1.54) is 6.92 Å². The summed E-state index contributed by atoms with van der Waals surface area (Å²) in [6, 6.07) is 6.93. The van der Waals surface area contributed by atoms with E-state index in [0.29, 0.717) is 12.2 Å². The first kappa shape index (κ1) is 8.48. The van der Waals surface area contributed by atoms with Crippen molar-refractivity contribution in [2.24, 2.45) is 5.92 Å². The fraction of sp³-hybridized carbons (Fsp3) is 0.400. The third kappa shape index (κ3) is 1.39. The molecule has 13 heavy (non-hydrogen) atoms. The van der Waals surface area contributed by atoms with Crippen LogP contribution in [0.5, 0.6) is 5.75 Å². The van der Waals surface area contributed by atoms with E-state index in [0.717, 1.165) is 5.56 Å². The van der Waals surface area contributed by atoms with Gasteiger partial charge in [0.05, 0.1) is 5.92 Å². The number of rotatable bonds is 0. The molecule has 0 bridgehead atoms. The van der Waals surface area contributed by atoms with Gasteiger partial charge in [-0.3, -0.25) is 0 Å². The van der Waals surface area contributed by atoms with E-state index in [1.54, 1.807) is 12.1 Å². The van der Waals surface area contributed by atoms with Gasteiger partial charge in [-0.2, -0.15) is 8.78 Å². The molecule has 0 radical (unpaired) electrons. The Bertz CT molecular complexity index is 322. The standard InChI is InChI=1S/C10H10F2O/c1-7-6-8-4-2-3-5-9(8)13-10(7,11)12/h2-5,7H,6H2,1H3. The van der Waals surface area contributed by atoms with Crippen molar-refractivity contribution in [2.45, 2.75) is 19.5 Å². The first-order chi connectivity index (χ1) is 6.09. The number of hydrogen-bond donors (Lipinski definition) is 0. The van der Waals surface area contributed by atoms with Gasteiger partial charge in [-0.25, -0.2) is 0 Å². The quantitative estimate of drug-likeness (QED) is 0.602. The highest BCUT2D eigenvalue weighted by molar-refractivity contribution is 5.35. The highest BCUT2D eigenvalue weighted by atomic mass is 19.3. The van der Waals surface area contributed by atoms with Crippen LogP contribution in [0, 0.1) is 5.92 Å². The minimum Gasteiger partial charge on any atom is -0.432 e. The van der Waals surface area contributed by atoms with Crippen molar-refractivity contribution >= 4 is 0 Å². The van der Waals surface area contributed by atoms with Gasteiger partial charge < -0.3 is 4.74 Å². The van der Waals surface area contributed by atoms with E-state index < -0.39 is 12.0 Å². The Morgan fingerprint density at radius 1 is 1.38 bits per heavy atom. The Hall–Kier alpha value is -1.12. The monoisotopic (exact) mass is 184 g/mol. The average Bonchev–Trinajstić information content (AvgIpc) is 2.06. The molecule has 1 aromatic carbocycles. The Balaban J connectivity index is 2.39. The average molecular weight is 184 g/mol. The van der Waals surface area contributed by atoms with Crippen molar-refractivity contribution in [2.75, 3.05) is 0 Å². The van der Waals surface area contributed by atoms with Crippen LogP contribution in [0.2, 0.25) is 0 Å². The van der Waals surface area contributed by atoms with Gasteiger partial charge in [0.1, 0.15) is 5.75 Å². The van der Waals surface area contributed by atoms with E-state index in [9.17, 15) is 8.78 Å². The van der Waals surface area contributed by atoms with Crippen molar-refractivity contribution in [1.82, 2.24) is 0 Å². The largest absolute Gasteiger partial charge is 0.432 e.